The largest absolute Gasteiger partial charge is 0.395 e. The van der Waals surface area contributed by atoms with E-state index in [1.807, 2.05) is 0 Å². The number of methoxy groups -OCH3 is 1. The molecule has 0 unspecified atom stereocenters. The fourth-order valence-electron chi connectivity index (χ4n) is 1.98. The van der Waals surface area contributed by atoms with Crippen LogP contribution in [0.5, 0.6) is 0 Å². The highest BCUT2D eigenvalue weighted by atomic mass is 16.5. The third kappa shape index (κ3) is 3.47. The summed E-state index contributed by atoms with van der Waals surface area (Å²) in [5.74, 6) is -0.286. The number of amides is 1. The highest BCUT2D eigenvalue weighted by Gasteiger charge is 2.16. The smallest absolute Gasteiger partial charge is 0.350 e. The van der Waals surface area contributed by atoms with Crippen LogP contribution in [0.2, 0.25) is 0 Å². The molecule has 0 atom stereocenters. The van der Waals surface area contributed by atoms with Crippen molar-refractivity contribution in [3.63, 3.8) is 0 Å². The molecule has 8 nitrogen and oxygen atoms in total. The van der Waals surface area contributed by atoms with E-state index < -0.39 is 0 Å². The van der Waals surface area contributed by atoms with Gasteiger partial charge in [-0.15, -0.1) is 5.10 Å². The van der Waals surface area contributed by atoms with Gasteiger partial charge in [-0.3, -0.25) is 9.20 Å². The van der Waals surface area contributed by atoms with Gasteiger partial charge in [0.2, 0.25) is 5.91 Å². The minimum Gasteiger partial charge on any atom is -0.395 e. The summed E-state index contributed by atoms with van der Waals surface area (Å²) in [5, 5.41) is 13.1. The summed E-state index contributed by atoms with van der Waals surface area (Å²) >= 11 is 0. The lowest BCUT2D eigenvalue weighted by atomic mass is 10.4. The van der Waals surface area contributed by atoms with E-state index in [1.54, 1.807) is 24.4 Å². The summed E-state index contributed by atoms with van der Waals surface area (Å²) in [7, 11) is 1.54. The number of carbonyl (C=O) groups excluding carboxylic acids is 1. The number of ether oxygens (including phenoxy) is 1. The Morgan fingerprint density at radius 1 is 1.43 bits per heavy atom. The van der Waals surface area contributed by atoms with E-state index in [0.29, 0.717) is 18.8 Å². The molecule has 2 aromatic rings. The number of aliphatic hydroxyl groups excluding tert-OH is 1. The molecule has 1 N–H and O–H groups in total. The Labute approximate surface area is 121 Å². The van der Waals surface area contributed by atoms with Crippen LogP contribution in [-0.4, -0.2) is 63.5 Å². The summed E-state index contributed by atoms with van der Waals surface area (Å²) in [6.45, 7) is 0.619. The second kappa shape index (κ2) is 7.00. The van der Waals surface area contributed by atoms with Gasteiger partial charge in [-0.25, -0.2) is 9.48 Å². The van der Waals surface area contributed by atoms with Crippen LogP contribution in [0.3, 0.4) is 0 Å². The van der Waals surface area contributed by atoms with E-state index in [0.717, 1.165) is 4.68 Å². The molecular weight excluding hydrogens is 276 g/mol. The fraction of sp³-hybridized carbons (Fsp3) is 0.462. The van der Waals surface area contributed by atoms with Gasteiger partial charge in [-0.1, -0.05) is 6.07 Å². The molecule has 0 aliphatic heterocycles. The number of hydrogen-bond donors (Lipinski definition) is 1. The van der Waals surface area contributed by atoms with Crippen LogP contribution in [0.4, 0.5) is 0 Å². The maximum absolute atomic E-state index is 12.2. The van der Waals surface area contributed by atoms with Gasteiger partial charge in [0, 0.05) is 26.4 Å². The lowest BCUT2D eigenvalue weighted by molar-refractivity contribution is -0.133. The summed E-state index contributed by atoms with van der Waals surface area (Å²) in [5.41, 5.74) is 0.121. The van der Waals surface area contributed by atoms with Crippen LogP contribution in [0.15, 0.2) is 29.2 Å². The zero-order chi connectivity index (χ0) is 15.2. The number of aromatic nitrogens is 3. The topological polar surface area (TPSA) is 89.1 Å². The van der Waals surface area contributed by atoms with Crippen molar-refractivity contribution in [2.75, 3.05) is 33.4 Å². The Morgan fingerprint density at radius 3 is 2.90 bits per heavy atom. The van der Waals surface area contributed by atoms with Crippen molar-refractivity contribution < 1.29 is 14.6 Å². The summed E-state index contributed by atoms with van der Waals surface area (Å²) in [4.78, 5) is 25.7. The van der Waals surface area contributed by atoms with Gasteiger partial charge in [0.1, 0.15) is 6.54 Å². The molecule has 0 spiro atoms. The maximum atomic E-state index is 12.2. The normalized spacial score (nSPS) is 11.0. The number of pyridine rings is 1. The number of aliphatic hydroxyl groups is 1. The van der Waals surface area contributed by atoms with E-state index >= 15 is 0 Å². The average molecular weight is 294 g/mol. The van der Waals surface area contributed by atoms with Gasteiger partial charge < -0.3 is 14.7 Å². The number of hydrogen-bond acceptors (Lipinski definition) is 5. The van der Waals surface area contributed by atoms with Crippen molar-refractivity contribution in [2.24, 2.45) is 0 Å². The predicted molar refractivity (Wildman–Crippen MR) is 75.0 cm³/mol. The number of carbonyl (C=O) groups is 1. The zero-order valence-corrected chi connectivity index (χ0v) is 11.8. The zero-order valence-electron chi connectivity index (χ0n) is 11.8. The van der Waals surface area contributed by atoms with Crippen LogP contribution in [-0.2, 0) is 16.1 Å². The van der Waals surface area contributed by atoms with E-state index in [9.17, 15) is 9.59 Å². The predicted octanol–water partition coefficient (Wildman–Crippen LogP) is -1.04. The van der Waals surface area contributed by atoms with Crippen molar-refractivity contribution >= 4 is 11.6 Å². The first-order chi connectivity index (χ1) is 10.2. The Morgan fingerprint density at radius 2 is 2.24 bits per heavy atom. The molecule has 0 saturated carbocycles. The van der Waals surface area contributed by atoms with Crippen LogP contribution in [0, 0.1) is 0 Å². The second-order valence-corrected chi connectivity index (χ2v) is 4.47. The fourth-order valence-corrected chi connectivity index (χ4v) is 1.98. The quantitative estimate of drug-likeness (QED) is 0.705. The van der Waals surface area contributed by atoms with E-state index in [-0.39, 0.29) is 31.3 Å². The Balaban J connectivity index is 2.16. The van der Waals surface area contributed by atoms with Crippen molar-refractivity contribution in [3.8, 4) is 0 Å². The summed E-state index contributed by atoms with van der Waals surface area (Å²) < 4.78 is 7.42. The van der Waals surface area contributed by atoms with Gasteiger partial charge in [0.25, 0.3) is 0 Å². The van der Waals surface area contributed by atoms with Crippen LogP contribution in [0.1, 0.15) is 0 Å². The maximum Gasteiger partial charge on any atom is 0.350 e. The molecule has 0 radical (unpaired) electrons. The lowest BCUT2D eigenvalue weighted by Gasteiger charge is -2.20. The molecule has 2 rings (SSSR count). The number of rotatable bonds is 7. The minimum atomic E-state index is -0.366. The van der Waals surface area contributed by atoms with Gasteiger partial charge >= 0.3 is 5.69 Å². The molecular formula is C13H18N4O4. The standard InChI is InChI=1S/C13H18N4O4/c1-21-9-7-15(6-8-18)12(19)10-17-13(20)16-5-3-2-4-11(16)14-17/h2-5,18H,6-10H2,1H3. The van der Waals surface area contributed by atoms with E-state index in [1.165, 1.54) is 16.4 Å². The molecule has 0 bridgehead atoms. The minimum absolute atomic E-state index is 0.143. The van der Waals surface area contributed by atoms with Crippen LogP contribution < -0.4 is 5.69 Å². The van der Waals surface area contributed by atoms with E-state index in [4.69, 9.17) is 9.84 Å². The molecule has 0 aliphatic rings. The van der Waals surface area contributed by atoms with Gasteiger partial charge in [-0.05, 0) is 12.1 Å². The van der Waals surface area contributed by atoms with E-state index in [2.05, 4.69) is 5.10 Å². The molecule has 0 fully saturated rings. The molecule has 21 heavy (non-hydrogen) atoms. The van der Waals surface area contributed by atoms with Crippen molar-refractivity contribution in [1.29, 1.82) is 0 Å². The van der Waals surface area contributed by atoms with Crippen molar-refractivity contribution in [2.45, 2.75) is 6.54 Å². The van der Waals surface area contributed by atoms with Crippen LogP contribution >= 0.6 is 0 Å². The third-order valence-electron chi connectivity index (χ3n) is 3.06. The molecule has 0 saturated heterocycles. The average Bonchev–Trinajstić information content (AvgIpc) is 2.80. The second-order valence-electron chi connectivity index (χ2n) is 4.47. The first-order valence-electron chi connectivity index (χ1n) is 6.59. The molecule has 0 aromatic carbocycles. The highest BCUT2D eigenvalue weighted by molar-refractivity contribution is 5.75. The van der Waals surface area contributed by atoms with Gasteiger partial charge in [0.15, 0.2) is 5.65 Å². The highest BCUT2D eigenvalue weighted by Crippen LogP contribution is 1.97. The Hall–Kier alpha value is -2.19. The molecule has 114 valence electrons. The molecule has 2 aromatic heterocycles. The molecule has 2 heterocycles. The monoisotopic (exact) mass is 294 g/mol. The third-order valence-corrected chi connectivity index (χ3v) is 3.06. The Kier molecular flexibility index (Phi) is 5.07. The Bertz CT molecular complexity index is 663. The number of fused-ring (bicyclic) bond motifs is 1. The molecule has 1 amide bonds. The van der Waals surface area contributed by atoms with Crippen molar-refractivity contribution in [3.05, 3.63) is 34.9 Å². The first kappa shape index (κ1) is 15.2. The SMILES string of the molecule is COCCN(CCO)C(=O)Cn1nc2ccccn2c1=O. The molecule has 0 aliphatic carbocycles. The summed E-state index contributed by atoms with van der Waals surface area (Å²) in [6, 6.07) is 5.18. The molecule has 8 heteroatoms. The first-order valence-corrected chi connectivity index (χ1v) is 6.59. The van der Waals surface area contributed by atoms with Crippen LogP contribution in [0.25, 0.3) is 5.65 Å². The lowest BCUT2D eigenvalue weighted by Crippen LogP contribution is -2.40. The number of nitrogens with zero attached hydrogens (tertiary/aromatic N) is 4. The summed E-state index contributed by atoms with van der Waals surface area (Å²) in [6.07, 6.45) is 1.60. The van der Waals surface area contributed by atoms with Gasteiger partial charge in [-0.2, -0.15) is 0 Å². The van der Waals surface area contributed by atoms with Crippen molar-refractivity contribution in [1.82, 2.24) is 19.1 Å². The van der Waals surface area contributed by atoms with Gasteiger partial charge in [0.05, 0.1) is 13.2 Å².